The van der Waals surface area contributed by atoms with Crippen LogP contribution in [0.5, 0.6) is 0 Å². The normalized spacial score (nSPS) is 11.2. The summed E-state index contributed by atoms with van der Waals surface area (Å²) in [6.45, 7) is 6.88. The molecule has 0 heterocycles. The van der Waals surface area contributed by atoms with Crippen molar-refractivity contribution in [2.75, 3.05) is 5.32 Å². The van der Waals surface area contributed by atoms with Gasteiger partial charge >= 0.3 is 0 Å². The fraction of sp³-hybridized carbons (Fsp3) is 0.278. The van der Waals surface area contributed by atoms with Crippen molar-refractivity contribution in [1.82, 2.24) is 0 Å². The highest BCUT2D eigenvalue weighted by Gasteiger charge is 2.18. The van der Waals surface area contributed by atoms with E-state index in [1.165, 1.54) is 0 Å². The lowest BCUT2D eigenvalue weighted by Gasteiger charge is -2.23. The number of nitrogens with two attached hydrogens (primary N) is 1. The van der Waals surface area contributed by atoms with E-state index in [9.17, 15) is 4.79 Å². The van der Waals surface area contributed by atoms with E-state index >= 15 is 0 Å². The van der Waals surface area contributed by atoms with Gasteiger partial charge in [0.15, 0.2) is 0 Å². The maximum Gasteiger partial charge on any atom is 0.255 e. The fourth-order valence-electron chi connectivity index (χ4n) is 2.23. The number of hydrogen-bond acceptors (Lipinski definition) is 2. The maximum atomic E-state index is 12.4. The molecule has 0 unspecified atom stereocenters. The van der Waals surface area contributed by atoms with Gasteiger partial charge in [0.2, 0.25) is 0 Å². The molecule has 0 aliphatic rings. The van der Waals surface area contributed by atoms with Crippen molar-refractivity contribution >= 4 is 11.6 Å². The second-order valence-electron chi connectivity index (χ2n) is 6.15. The molecule has 3 nitrogen and oxygen atoms in total. The Morgan fingerprint density at radius 1 is 1.05 bits per heavy atom. The Hall–Kier alpha value is -2.13. The third-order valence-electron chi connectivity index (χ3n) is 3.44. The van der Waals surface area contributed by atoms with E-state index in [1.807, 2.05) is 36.4 Å². The number of para-hydroxylation sites is 1. The van der Waals surface area contributed by atoms with E-state index in [0.29, 0.717) is 12.1 Å². The highest BCUT2D eigenvalue weighted by molar-refractivity contribution is 6.04. The maximum absolute atomic E-state index is 12.4. The smallest absolute Gasteiger partial charge is 0.255 e. The summed E-state index contributed by atoms with van der Waals surface area (Å²) in [6.07, 6.45) is 0. The molecule has 0 fully saturated rings. The molecule has 0 aromatic heterocycles. The first-order chi connectivity index (χ1) is 9.91. The van der Waals surface area contributed by atoms with Crippen LogP contribution in [0.1, 0.15) is 42.3 Å². The Morgan fingerprint density at radius 3 is 2.24 bits per heavy atom. The van der Waals surface area contributed by atoms with Crippen LogP contribution in [0.3, 0.4) is 0 Å². The van der Waals surface area contributed by atoms with Crippen molar-refractivity contribution in [3.05, 3.63) is 65.2 Å². The first-order valence-corrected chi connectivity index (χ1v) is 7.11. The molecule has 0 bridgehead atoms. The standard InChI is InChI=1S/C18H22N2O/c1-18(2,3)15-6-4-5-7-16(15)20-17(21)14-10-8-13(12-19)9-11-14/h4-11H,12,19H2,1-3H3,(H,20,21). The molecule has 21 heavy (non-hydrogen) atoms. The molecule has 0 radical (unpaired) electrons. The first-order valence-electron chi connectivity index (χ1n) is 7.11. The minimum atomic E-state index is -0.102. The molecule has 0 saturated carbocycles. The molecule has 0 atom stereocenters. The molecule has 3 N–H and O–H groups in total. The molecule has 3 heteroatoms. The molecule has 0 spiro atoms. The SMILES string of the molecule is CC(C)(C)c1ccccc1NC(=O)c1ccc(CN)cc1. The van der Waals surface area contributed by atoms with E-state index in [4.69, 9.17) is 5.73 Å². The van der Waals surface area contributed by atoms with Crippen LogP contribution in [0.2, 0.25) is 0 Å². The van der Waals surface area contributed by atoms with Crippen LogP contribution in [-0.4, -0.2) is 5.91 Å². The number of carbonyl (C=O) groups excluding carboxylic acids is 1. The Balaban J connectivity index is 2.23. The van der Waals surface area contributed by atoms with Gasteiger partial charge in [0.1, 0.15) is 0 Å². The lowest BCUT2D eigenvalue weighted by Crippen LogP contribution is -2.18. The molecule has 0 aliphatic heterocycles. The van der Waals surface area contributed by atoms with Crippen LogP contribution in [0, 0.1) is 0 Å². The van der Waals surface area contributed by atoms with Crippen molar-refractivity contribution in [2.45, 2.75) is 32.7 Å². The molecular weight excluding hydrogens is 260 g/mol. The molecule has 0 saturated heterocycles. The van der Waals surface area contributed by atoms with Crippen molar-refractivity contribution in [1.29, 1.82) is 0 Å². The molecular formula is C18H22N2O. The number of hydrogen-bond donors (Lipinski definition) is 2. The van der Waals surface area contributed by atoms with Crippen LogP contribution in [0.4, 0.5) is 5.69 Å². The highest BCUT2D eigenvalue weighted by atomic mass is 16.1. The second-order valence-corrected chi connectivity index (χ2v) is 6.15. The third-order valence-corrected chi connectivity index (χ3v) is 3.44. The Morgan fingerprint density at radius 2 is 1.67 bits per heavy atom. The number of rotatable bonds is 3. The van der Waals surface area contributed by atoms with Crippen molar-refractivity contribution < 1.29 is 4.79 Å². The summed E-state index contributed by atoms with van der Waals surface area (Å²) in [5, 5.41) is 3.00. The van der Waals surface area contributed by atoms with E-state index in [2.05, 4.69) is 26.1 Å². The summed E-state index contributed by atoms with van der Waals surface area (Å²) in [7, 11) is 0. The van der Waals surface area contributed by atoms with Crippen molar-refractivity contribution in [2.24, 2.45) is 5.73 Å². The van der Waals surface area contributed by atoms with Crippen LogP contribution in [0.15, 0.2) is 48.5 Å². The fourth-order valence-corrected chi connectivity index (χ4v) is 2.23. The molecule has 1 amide bonds. The van der Waals surface area contributed by atoms with Gasteiger partial charge in [-0.05, 0) is 34.7 Å². The molecule has 2 aromatic rings. The summed E-state index contributed by atoms with van der Waals surface area (Å²) in [4.78, 5) is 12.4. The average Bonchev–Trinajstić information content (AvgIpc) is 2.47. The van der Waals surface area contributed by atoms with Gasteiger partial charge in [0, 0.05) is 17.8 Å². The molecule has 2 rings (SSSR count). The zero-order chi connectivity index (χ0) is 15.5. The molecule has 2 aromatic carbocycles. The predicted octanol–water partition coefficient (Wildman–Crippen LogP) is 3.70. The minimum absolute atomic E-state index is 0.0206. The van der Waals surface area contributed by atoms with Gasteiger partial charge in [-0.15, -0.1) is 0 Å². The lowest BCUT2D eigenvalue weighted by molar-refractivity contribution is 0.102. The Bertz CT molecular complexity index is 624. The van der Waals surface area contributed by atoms with E-state index in [1.54, 1.807) is 12.1 Å². The second kappa shape index (κ2) is 6.10. The first kappa shape index (κ1) is 15.3. The van der Waals surface area contributed by atoms with E-state index in [-0.39, 0.29) is 11.3 Å². The zero-order valence-electron chi connectivity index (χ0n) is 12.8. The van der Waals surface area contributed by atoms with Crippen molar-refractivity contribution in [3.8, 4) is 0 Å². The Kier molecular flexibility index (Phi) is 4.43. The number of benzene rings is 2. The number of amides is 1. The van der Waals surface area contributed by atoms with Gasteiger partial charge in [0.25, 0.3) is 5.91 Å². The van der Waals surface area contributed by atoms with E-state index < -0.39 is 0 Å². The summed E-state index contributed by atoms with van der Waals surface area (Å²) in [6, 6.07) is 15.3. The summed E-state index contributed by atoms with van der Waals surface area (Å²) in [5.41, 5.74) is 9.18. The lowest BCUT2D eigenvalue weighted by atomic mass is 9.86. The number of nitrogens with one attached hydrogen (secondary N) is 1. The van der Waals surface area contributed by atoms with Gasteiger partial charge in [-0.25, -0.2) is 0 Å². The summed E-state index contributed by atoms with van der Waals surface area (Å²) < 4.78 is 0. The molecule has 0 aliphatic carbocycles. The average molecular weight is 282 g/mol. The number of anilines is 1. The summed E-state index contributed by atoms with van der Waals surface area (Å²) in [5.74, 6) is -0.102. The van der Waals surface area contributed by atoms with Crippen LogP contribution < -0.4 is 11.1 Å². The largest absolute Gasteiger partial charge is 0.326 e. The Labute approximate surface area is 126 Å². The van der Waals surface area contributed by atoms with Crippen LogP contribution in [-0.2, 0) is 12.0 Å². The predicted molar refractivity (Wildman–Crippen MR) is 87.4 cm³/mol. The third kappa shape index (κ3) is 3.70. The highest BCUT2D eigenvalue weighted by Crippen LogP contribution is 2.29. The van der Waals surface area contributed by atoms with E-state index in [0.717, 1.165) is 16.8 Å². The van der Waals surface area contributed by atoms with Gasteiger partial charge in [-0.3, -0.25) is 4.79 Å². The monoisotopic (exact) mass is 282 g/mol. The van der Waals surface area contributed by atoms with Crippen molar-refractivity contribution in [3.63, 3.8) is 0 Å². The number of carbonyl (C=O) groups is 1. The minimum Gasteiger partial charge on any atom is -0.326 e. The summed E-state index contributed by atoms with van der Waals surface area (Å²) >= 11 is 0. The van der Waals surface area contributed by atoms with Gasteiger partial charge in [-0.2, -0.15) is 0 Å². The van der Waals surface area contributed by atoms with Gasteiger partial charge in [0.05, 0.1) is 0 Å². The van der Waals surface area contributed by atoms with Gasteiger partial charge in [-0.1, -0.05) is 51.1 Å². The van der Waals surface area contributed by atoms with Crippen LogP contribution >= 0.6 is 0 Å². The zero-order valence-corrected chi connectivity index (χ0v) is 12.8. The van der Waals surface area contributed by atoms with Gasteiger partial charge < -0.3 is 11.1 Å². The topological polar surface area (TPSA) is 55.1 Å². The quantitative estimate of drug-likeness (QED) is 0.902. The molecule has 110 valence electrons. The van der Waals surface area contributed by atoms with Crippen LogP contribution in [0.25, 0.3) is 0 Å².